The number of benzene rings is 1. The molecule has 1 N–H and O–H groups in total. The van der Waals surface area contributed by atoms with Gasteiger partial charge in [-0.1, -0.05) is 6.07 Å². The van der Waals surface area contributed by atoms with Crippen LogP contribution in [0, 0.1) is 5.82 Å². The van der Waals surface area contributed by atoms with E-state index in [2.05, 4.69) is 36.9 Å². The van der Waals surface area contributed by atoms with Crippen LogP contribution in [0.25, 0.3) is 11.5 Å². The van der Waals surface area contributed by atoms with Gasteiger partial charge in [0.15, 0.2) is 5.82 Å². The standard InChI is InChI=1S/C22H23FN6O/c1-13-6-7-20-26-27-21(29(13)20)18-4-3-5-19(24-18)25-22(30)16-10-15-12-28(2)9-8-14(15)11-17(16)23/h3-5,10-11,13H,6-9,12H2,1-2H3,(H,24,25,30)/t13-/m0/s1. The fraction of sp³-hybridized carbons (Fsp3) is 0.364. The molecule has 1 atom stereocenters. The molecule has 3 aromatic rings. The van der Waals surface area contributed by atoms with Crippen LogP contribution in [0.4, 0.5) is 10.2 Å². The lowest BCUT2D eigenvalue weighted by Crippen LogP contribution is -2.27. The second-order valence-electron chi connectivity index (χ2n) is 8.15. The number of halogens is 1. The third-order valence-corrected chi connectivity index (χ3v) is 5.95. The molecule has 2 aromatic heterocycles. The monoisotopic (exact) mass is 406 g/mol. The Morgan fingerprint density at radius 1 is 1.20 bits per heavy atom. The SMILES string of the molecule is C[C@H]1CCc2nnc(-c3cccc(NC(=O)c4cc5c(cc4F)CCN(C)C5)n3)n21. The summed E-state index contributed by atoms with van der Waals surface area (Å²) in [6.45, 7) is 3.73. The van der Waals surface area contributed by atoms with Crippen molar-refractivity contribution in [1.82, 2.24) is 24.6 Å². The minimum absolute atomic E-state index is 0.0354. The molecule has 30 heavy (non-hydrogen) atoms. The molecule has 8 heteroatoms. The number of carbonyl (C=O) groups excluding carboxylic acids is 1. The largest absolute Gasteiger partial charge is 0.307 e. The van der Waals surface area contributed by atoms with Crippen molar-refractivity contribution in [3.63, 3.8) is 0 Å². The first kappa shape index (κ1) is 18.9. The van der Waals surface area contributed by atoms with Gasteiger partial charge in [-0.05, 0) is 62.2 Å². The average Bonchev–Trinajstić information content (AvgIpc) is 3.31. The zero-order chi connectivity index (χ0) is 20.8. The number of rotatable bonds is 3. The summed E-state index contributed by atoms with van der Waals surface area (Å²) in [5.74, 6) is 0.989. The Morgan fingerprint density at radius 3 is 2.93 bits per heavy atom. The summed E-state index contributed by atoms with van der Waals surface area (Å²) in [6, 6.07) is 8.79. The van der Waals surface area contributed by atoms with Crippen molar-refractivity contribution in [2.75, 3.05) is 18.9 Å². The topological polar surface area (TPSA) is 75.9 Å². The van der Waals surface area contributed by atoms with E-state index < -0.39 is 11.7 Å². The van der Waals surface area contributed by atoms with Crippen LogP contribution in [0.1, 0.15) is 46.7 Å². The normalized spacial score (nSPS) is 18.2. The van der Waals surface area contributed by atoms with Crippen LogP contribution >= 0.6 is 0 Å². The number of hydrogen-bond acceptors (Lipinski definition) is 5. The maximum Gasteiger partial charge on any atom is 0.259 e. The van der Waals surface area contributed by atoms with Gasteiger partial charge >= 0.3 is 0 Å². The van der Waals surface area contributed by atoms with Crippen molar-refractivity contribution in [1.29, 1.82) is 0 Å². The van der Waals surface area contributed by atoms with Crippen molar-refractivity contribution in [2.24, 2.45) is 0 Å². The number of nitrogens with zero attached hydrogens (tertiary/aromatic N) is 5. The van der Waals surface area contributed by atoms with Gasteiger partial charge in [0, 0.05) is 25.6 Å². The van der Waals surface area contributed by atoms with Crippen LogP contribution in [0.5, 0.6) is 0 Å². The van der Waals surface area contributed by atoms with Gasteiger partial charge in [0.1, 0.15) is 23.2 Å². The molecule has 0 unspecified atom stereocenters. The predicted molar refractivity (Wildman–Crippen MR) is 111 cm³/mol. The van der Waals surface area contributed by atoms with E-state index in [0.29, 0.717) is 29.9 Å². The smallest absolute Gasteiger partial charge is 0.259 e. The Morgan fingerprint density at radius 2 is 2.07 bits per heavy atom. The van der Waals surface area contributed by atoms with E-state index in [9.17, 15) is 9.18 Å². The Kier molecular flexibility index (Phi) is 4.58. The number of nitrogens with one attached hydrogen (secondary N) is 1. The van der Waals surface area contributed by atoms with Gasteiger partial charge in [-0.2, -0.15) is 0 Å². The highest BCUT2D eigenvalue weighted by Crippen LogP contribution is 2.30. The minimum Gasteiger partial charge on any atom is -0.307 e. The highest BCUT2D eigenvalue weighted by Gasteiger charge is 2.25. The maximum absolute atomic E-state index is 14.6. The lowest BCUT2D eigenvalue weighted by molar-refractivity contribution is 0.102. The molecular formula is C22H23FN6O. The van der Waals surface area contributed by atoms with E-state index >= 15 is 0 Å². The fourth-order valence-electron chi connectivity index (χ4n) is 4.31. The summed E-state index contributed by atoms with van der Waals surface area (Å²) in [4.78, 5) is 19.5. The molecule has 1 amide bonds. The van der Waals surface area contributed by atoms with Crippen LogP contribution in [-0.2, 0) is 19.4 Å². The molecule has 7 nitrogen and oxygen atoms in total. The fourth-order valence-corrected chi connectivity index (χ4v) is 4.31. The number of amides is 1. The van der Waals surface area contributed by atoms with Gasteiger partial charge in [-0.3, -0.25) is 4.79 Å². The molecule has 0 spiro atoms. The number of anilines is 1. The summed E-state index contributed by atoms with van der Waals surface area (Å²) in [5, 5.41) is 11.3. The third-order valence-electron chi connectivity index (χ3n) is 5.95. The van der Waals surface area contributed by atoms with Crippen molar-refractivity contribution in [2.45, 2.75) is 38.8 Å². The van der Waals surface area contributed by atoms with Crippen molar-refractivity contribution >= 4 is 11.7 Å². The van der Waals surface area contributed by atoms with Crippen LogP contribution in [-0.4, -0.2) is 44.1 Å². The molecule has 1 aromatic carbocycles. The van der Waals surface area contributed by atoms with Crippen molar-refractivity contribution in [3.05, 3.63) is 58.7 Å². The van der Waals surface area contributed by atoms with Gasteiger partial charge in [0.2, 0.25) is 0 Å². The second kappa shape index (κ2) is 7.28. The number of pyridine rings is 1. The molecule has 0 radical (unpaired) electrons. The summed E-state index contributed by atoms with van der Waals surface area (Å²) >= 11 is 0. The summed E-state index contributed by atoms with van der Waals surface area (Å²) in [7, 11) is 2.02. The van der Waals surface area contributed by atoms with E-state index in [1.807, 2.05) is 13.1 Å². The van der Waals surface area contributed by atoms with E-state index in [0.717, 1.165) is 42.8 Å². The molecular weight excluding hydrogens is 383 g/mol. The molecule has 5 rings (SSSR count). The van der Waals surface area contributed by atoms with E-state index in [4.69, 9.17) is 0 Å². The van der Waals surface area contributed by atoms with Crippen LogP contribution < -0.4 is 5.32 Å². The van der Waals surface area contributed by atoms with Crippen molar-refractivity contribution < 1.29 is 9.18 Å². The highest BCUT2D eigenvalue weighted by molar-refractivity contribution is 6.04. The number of aromatic nitrogens is 4. The van der Waals surface area contributed by atoms with Crippen LogP contribution in [0.15, 0.2) is 30.3 Å². The minimum atomic E-state index is -0.506. The molecule has 2 aliphatic heterocycles. The van der Waals surface area contributed by atoms with E-state index in [1.165, 1.54) is 6.07 Å². The molecule has 0 aliphatic carbocycles. The van der Waals surface area contributed by atoms with Gasteiger partial charge < -0.3 is 14.8 Å². The predicted octanol–water partition coefficient (Wildman–Crippen LogP) is 3.23. The molecule has 4 heterocycles. The van der Waals surface area contributed by atoms with Gasteiger partial charge in [0.25, 0.3) is 5.91 Å². The molecule has 0 fully saturated rings. The summed E-state index contributed by atoms with van der Waals surface area (Å²) in [6.07, 6.45) is 2.72. The first-order valence-electron chi connectivity index (χ1n) is 10.2. The van der Waals surface area contributed by atoms with Crippen LogP contribution in [0.3, 0.4) is 0 Å². The summed E-state index contributed by atoms with van der Waals surface area (Å²) < 4.78 is 16.7. The number of fused-ring (bicyclic) bond motifs is 2. The lowest BCUT2D eigenvalue weighted by Gasteiger charge is -2.25. The van der Waals surface area contributed by atoms with Crippen molar-refractivity contribution in [3.8, 4) is 11.5 Å². The molecule has 0 saturated heterocycles. The second-order valence-corrected chi connectivity index (χ2v) is 8.15. The number of hydrogen-bond donors (Lipinski definition) is 1. The average molecular weight is 406 g/mol. The molecule has 2 aliphatic rings. The Labute approximate surface area is 174 Å². The van der Waals surface area contributed by atoms with Gasteiger partial charge in [-0.15, -0.1) is 10.2 Å². The zero-order valence-corrected chi connectivity index (χ0v) is 17.0. The Bertz CT molecular complexity index is 1140. The number of carbonyl (C=O) groups is 1. The molecule has 154 valence electrons. The van der Waals surface area contributed by atoms with E-state index in [-0.39, 0.29) is 5.56 Å². The van der Waals surface area contributed by atoms with Gasteiger partial charge in [-0.25, -0.2) is 9.37 Å². The maximum atomic E-state index is 14.6. The Hall–Kier alpha value is -3.13. The quantitative estimate of drug-likeness (QED) is 0.723. The van der Waals surface area contributed by atoms with Gasteiger partial charge in [0.05, 0.1) is 5.56 Å². The first-order valence-corrected chi connectivity index (χ1v) is 10.2. The highest BCUT2D eigenvalue weighted by atomic mass is 19.1. The molecule has 0 saturated carbocycles. The number of aryl methyl sites for hydroxylation is 1. The van der Waals surface area contributed by atoms with E-state index in [1.54, 1.807) is 18.2 Å². The zero-order valence-electron chi connectivity index (χ0n) is 17.0. The third kappa shape index (κ3) is 3.27. The lowest BCUT2D eigenvalue weighted by atomic mass is 9.97. The molecule has 0 bridgehead atoms. The van der Waals surface area contributed by atoms with Crippen LogP contribution in [0.2, 0.25) is 0 Å². The number of likely N-dealkylation sites (N-methyl/N-ethyl adjacent to an activating group) is 1. The summed E-state index contributed by atoms with van der Waals surface area (Å²) in [5.41, 5.74) is 2.63. The Balaban J connectivity index is 1.41. The first-order chi connectivity index (χ1) is 14.5.